The van der Waals surface area contributed by atoms with Gasteiger partial charge in [0.25, 0.3) is 5.91 Å². The highest BCUT2D eigenvalue weighted by Crippen LogP contribution is 2.29. The fourth-order valence-electron chi connectivity index (χ4n) is 2.67. The fourth-order valence-corrected chi connectivity index (χ4v) is 2.93. The zero-order valence-electron chi connectivity index (χ0n) is 11.7. The van der Waals surface area contributed by atoms with Crippen molar-refractivity contribution >= 4 is 29.9 Å². The Kier molecular flexibility index (Phi) is 4.08. The number of amides is 1. The van der Waals surface area contributed by atoms with Crippen LogP contribution in [-0.4, -0.2) is 38.9 Å². The quantitative estimate of drug-likeness (QED) is 0.903. The first-order valence-corrected chi connectivity index (χ1v) is 7.28. The van der Waals surface area contributed by atoms with Gasteiger partial charge in [-0.05, 0) is 17.2 Å². The van der Waals surface area contributed by atoms with Crippen LogP contribution in [0.4, 0.5) is 0 Å². The zero-order valence-corrected chi connectivity index (χ0v) is 13.3. The van der Waals surface area contributed by atoms with Gasteiger partial charge in [-0.3, -0.25) is 4.79 Å². The molecular formula is C14H15Cl2N5O. The van der Waals surface area contributed by atoms with Crippen molar-refractivity contribution in [3.63, 3.8) is 0 Å². The molecule has 0 spiro atoms. The Labute approximate surface area is 138 Å². The molecule has 1 saturated heterocycles. The number of hydrogen-bond acceptors (Lipinski definition) is 4. The third kappa shape index (κ3) is 2.47. The number of nitrogens with zero attached hydrogens (tertiary/aromatic N) is 4. The Bertz CT molecular complexity index is 713. The monoisotopic (exact) mass is 339 g/mol. The van der Waals surface area contributed by atoms with Gasteiger partial charge in [0.2, 0.25) is 0 Å². The van der Waals surface area contributed by atoms with E-state index in [-0.39, 0.29) is 24.4 Å². The van der Waals surface area contributed by atoms with E-state index in [0.29, 0.717) is 23.8 Å². The normalized spacial score (nSPS) is 16.9. The van der Waals surface area contributed by atoms with E-state index >= 15 is 0 Å². The van der Waals surface area contributed by atoms with Gasteiger partial charge in [0, 0.05) is 31.2 Å². The highest BCUT2D eigenvalue weighted by Gasteiger charge is 2.28. The highest BCUT2D eigenvalue weighted by molar-refractivity contribution is 6.31. The van der Waals surface area contributed by atoms with Gasteiger partial charge in [-0.25, -0.2) is 0 Å². The molecule has 0 bridgehead atoms. The van der Waals surface area contributed by atoms with E-state index in [1.807, 2.05) is 18.2 Å². The minimum atomic E-state index is -0.0965. The van der Waals surface area contributed by atoms with Crippen LogP contribution in [0.15, 0.2) is 24.4 Å². The van der Waals surface area contributed by atoms with Crippen molar-refractivity contribution in [2.75, 3.05) is 13.1 Å². The lowest BCUT2D eigenvalue weighted by Gasteiger charge is -2.25. The van der Waals surface area contributed by atoms with E-state index in [1.54, 1.807) is 15.9 Å². The van der Waals surface area contributed by atoms with Crippen LogP contribution in [0, 0.1) is 0 Å². The Hall–Kier alpha value is -1.63. The molecule has 1 aromatic carbocycles. The summed E-state index contributed by atoms with van der Waals surface area (Å²) in [5.41, 5.74) is 2.53. The smallest absolute Gasteiger partial charge is 0.276 e. The Morgan fingerprint density at radius 3 is 2.82 bits per heavy atom. The van der Waals surface area contributed by atoms with Crippen molar-refractivity contribution in [3.8, 4) is 0 Å². The number of carbonyl (C=O) groups excluding carboxylic acids is 1. The first kappa shape index (κ1) is 15.3. The topological polar surface area (TPSA) is 63.1 Å². The lowest BCUT2D eigenvalue weighted by Crippen LogP contribution is -2.44. The minimum Gasteiger partial charge on any atom is -0.328 e. The van der Waals surface area contributed by atoms with E-state index in [0.717, 1.165) is 24.2 Å². The Morgan fingerprint density at radius 1 is 1.32 bits per heavy atom. The van der Waals surface area contributed by atoms with Crippen LogP contribution in [0.3, 0.4) is 0 Å². The summed E-state index contributed by atoms with van der Waals surface area (Å²) >= 11 is 6.18. The molecule has 1 fully saturated rings. The number of hydrogen-bond donors (Lipinski definition) is 1. The van der Waals surface area contributed by atoms with Gasteiger partial charge < -0.3 is 10.2 Å². The molecule has 22 heavy (non-hydrogen) atoms. The number of rotatable bonds is 2. The number of aromatic nitrogens is 3. The molecule has 0 saturated carbocycles. The molecule has 0 aliphatic carbocycles. The lowest BCUT2D eigenvalue weighted by molar-refractivity contribution is 0.0743. The first-order chi connectivity index (χ1) is 10.2. The Balaban J connectivity index is 0.00000144. The summed E-state index contributed by atoms with van der Waals surface area (Å²) < 4.78 is 0. The number of nitrogens with one attached hydrogen (secondary N) is 1. The maximum atomic E-state index is 12.5. The molecule has 3 heterocycles. The summed E-state index contributed by atoms with van der Waals surface area (Å²) in [5, 5.41) is 12.4. The maximum Gasteiger partial charge on any atom is 0.276 e. The van der Waals surface area contributed by atoms with Crippen molar-refractivity contribution in [1.82, 2.24) is 25.2 Å². The van der Waals surface area contributed by atoms with Gasteiger partial charge in [0.1, 0.15) is 0 Å². The van der Waals surface area contributed by atoms with Crippen molar-refractivity contribution in [2.24, 2.45) is 0 Å². The van der Waals surface area contributed by atoms with Gasteiger partial charge in [-0.15, -0.1) is 17.5 Å². The molecule has 116 valence electrons. The van der Waals surface area contributed by atoms with E-state index in [2.05, 4.69) is 15.5 Å². The van der Waals surface area contributed by atoms with E-state index in [4.69, 9.17) is 11.6 Å². The molecule has 0 atom stereocenters. The fraction of sp³-hybridized carbons (Fsp3) is 0.357. The molecule has 2 aromatic rings. The molecule has 6 nitrogen and oxygen atoms in total. The van der Waals surface area contributed by atoms with Crippen LogP contribution >= 0.6 is 24.0 Å². The van der Waals surface area contributed by atoms with Crippen LogP contribution in [0.2, 0.25) is 5.02 Å². The first-order valence-electron chi connectivity index (χ1n) is 6.90. The maximum absolute atomic E-state index is 12.5. The number of carbonyl (C=O) groups is 1. The van der Waals surface area contributed by atoms with Crippen molar-refractivity contribution < 1.29 is 4.79 Å². The second-order valence-electron chi connectivity index (χ2n) is 5.40. The van der Waals surface area contributed by atoms with Gasteiger partial charge in [-0.1, -0.05) is 23.7 Å². The van der Waals surface area contributed by atoms with Gasteiger partial charge in [0.15, 0.2) is 5.69 Å². The summed E-state index contributed by atoms with van der Waals surface area (Å²) in [5.74, 6) is -0.0965. The standard InChI is InChI=1S/C14H14ClN5O.ClH/c15-12-3-1-2-9-7-19(8-11(9)12)14(21)13-6-17-20(18-13)10-4-16-5-10;/h1-3,6,10,16H,4-5,7-8H2;1H. The highest BCUT2D eigenvalue weighted by atomic mass is 35.5. The number of benzene rings is 1. The number of halogens is 2. The summed E-state index contributed by atoms with van der Waals surface area (Å²) in [6, 6.07) is 6.03. The molecule has 0 radical (unpaired) electrons. The van der Waals surface area contributed by atoms with Crippen LogP contribution in [0.5, 0.6) is 0 Å². The predicted molar refractivity (Wildman–Crippen MR) is 84.2 cm³/mol. The molecule has 2 aliphatic rings. The second-order valence-corrected chi connectivity index (χ2v) is 5.81. The summed E-state index contributed by atoms with van der Waals surface area (Å²) in [4.78, 5) is 15.9. The molecule has 1 aromatic heterocycles. The third-order valence-corrected chi connectivity index (χ3v) is 4.38. The van der Waals surface area contributed by atoms with Crippen LogP contribution in [0.25, 0.3) is 0 Å². The third-order valence-electron chi connectivity index (χ3n) is 4.03. The Morgan fingerprint density at radius 2 is 2.14 bits per heavy atom. The van der Waals surface area contributed by atoms with E-state index in [1.165, 1.54) is 0 Å². The van der Waals surface area contributed by atoms with E-state index in [9.17, 15) is 4.79 Å². The molecule has 4 rings (SSSR count). The lowest BCUT2D eigenvalue weighted by atomic mass is 10.1. The summed E-state index contributed by atoms with van der Waals surface area (Å²) in [6.45, 7) is 2.82. The molecule has 8 heteroatoms. The minimum absolute atomic E-state index is 0. The number of fused-ring (bicyclic) bond motifs is 1. The summed E-state index contributed by atoms with van der Waals surface area (Å²) in [7, 11) is 0. The van der Waals surface area contributed by atoms with Gasteiger partial charge in [0.05, 0.1) is 12.2 Å². The molecule has 1 N–H and O–H groups in total. The van der Waals surface area contributed by atoms with E-state index < -0.39 is 0 Å². The molecule has 2 aliphatic heterocycles. The van der Waals surface area contributed by atoms with Crippen molar-refractivity contribution in [2.45, 2.75) is 19.1 Å². The molecule has 0 unspecified atom stereocenters. The summed E-state index contributed by atoms with van der Waals surface area (Å²) in [6.07, 6.45) is 1.55. The molecular weight excluding hydrogens is 325 g/mol. The average molecular weight is 340 g/mol. The average Bonchev–Trinajstić information content (AvgIpc) is 3.03. The SMILES string of the molecule is Cl.O=C(c1cnn(C2CNC2)n1)N1Cc2cccc(Cl)c2C1. The van der Waals surface area contributed by atoms with Crippen LogP contribution in [-0.2, 0) is 13.1 Å². The zero-order chi connectivity index (χ0) is 14.4. The van der Waals surface area contributed by atoms with Gasteiger partial charge in [-0.2, -0.15) is 9.90 Å². The van der Waals surface area contributed by atoms with Crippen molar-refractivity contribution in [1.29, 1.82) is 0 Å². The predicted octanol–water partition coefficient (Wildman–Crippen LogP) is 1.65. The van der Waals surface area contributed by atoms with Crippen LogP contribution in [0.1, 0.15) is 27.7 Å². The second kappa shape index (κ2) is 5.87. The van der Waals surface area contributed by atoms with Crippen LogP contribution < -0.4 is 5.32 Å². The molecule has 1 amide bonds. The van der Waals surface area contributed by atoms with Crippen molar-refractivity contribution in [3.05, 3.63) is 46.2 Å². The van der Waals surface area contributed by atoms with Gasteiger partial charge >= 0.3 is 0 Å². The largest absolute Gasteiger partial charge is 0.328 e.